The Morgan fingerprint density at radius 2 is 1.34 bits per heavy atom. The number of aromatic nitrogens is 4. The zero-order valence-corrected chi connectivity index (χ0v) is 30.6. The van der Waals surface area contributed by atoms with Crippen molar-refractivity contribution in [3.05, 3.63) is 69.3 Å². The molecular formula is C34H37Cl2N4O6Pt-. The molecule has 10 nitrogen and oxygen atoms in total. The molecule has 0 saturated carbocycles. The predicted octanol–water partition coefficient (Wildman–Crippen LogP) is 7.11. The molecule has 2 atom stereocenters. The summed E-state index contributed by atoms with van der Waals surface area (Å²) >= 11 is -0.472. The van der Waals surface area contributed by atoms with Crippen LogP contribution in [0.25, 0.3) is 44.4 Å². The third-order valence-corrected chi connectivity index (χ3v) is 8.57. The van der Waals surface area contributed by atoms with Crippen LogP contribution in [-0.4, -0.2) is 53.4 Å². The van der Waals surface area contributed by atoms with Gasteiger partial charge in [0.2, 0.25) is 0 Å². The molecule has 5 rings (SSSR count). The van der Waals surface area contributed by atoms with Gasteiger partial charge in [0, 0.05) is 35.0 Å². The van der Waals surface area contributed by atoms with Crippen LogP contribution in [0.2, 0.25) is 0 Å². The minimum atomic E-state index is -0.927. The predicted molar refractivity (Wildman–Crippen MR) is 181 cm³/mol. The summed E-state index contributed by atoms with van der Waals surface area (Å²) in [5, 5.41) is 40.5. The van der Waals surface area contributed by atoms with Crippen LogP contribution in [0.3, 0.4) is 0 Å². The molecule has 3 aromatic rings. The van der Waals surface area contributed by atoms with Crippen molar-refractivity contribution in [1.29, 1.82) is 0 Å². The molecule has 5 N–H and O–H groups in total. The summed E-state index contributed by atoms with van der Waals surface area (Å²) in [6, 6.07) is 7.38. The van der Waals surface area contributed by atoms with E-state index in [1.807, 2.05) is 52.0 Å². The molecule has 5 heterocycles. The van der Waals surface area contributed by atoms with Crippen molar-refractivity contribution in [2.24, 2.45) is 0 Å². The molecule has 0 amide bonds. The second-order valence-corrected chi connectivity index (χ2v) is 14.9. The number of carboxylic acids is 2. The van der Waals surface area contributed by atoms with E-state index in [0.717, 1.165) is 44.5 Å². The third kappa shape index (κ3) is 7.90. The Hall–Kier alpha value is -3.27. The number of nitrogens with zero attached hydrogens (tertiary/aromatic N) is 3. The van der Waals surface area contributed by atoms with E-state index in [4.69, 9.17) is 33.8 Å². The van der Waals surface area contributed by atoms with Gasteiger partial charge in [-0.1, -0.05) is 23.3 Å². The molecule has 2 unspecified atom stereocenters. The first kappa shape index (κ1) is 36.6. The quantitative estimate of drug-likeness (QED) is 0.158. The number of hydrogen-bond donors (Lipinski definition) is 5. The SMILES string of the molecule is CC1=C(CCC(=O)O)c2cc3[n-]c(cc4nc(cc5[nH]c(cc1n2)c(C)c5C(C)O)C(C)=C4C(C)O)c(C)c3CCC(=O)O.[Cl][Pt][Cl]. The van der Waals surface area contributed by atoms with Crippen molar-refractivity contribution in [2.45, 2.75) is 79.4 Å². The number of nitrogens with one attached hydrogen (secondary N) is 1. The third-order valence-electron chi connectivity index (χ3n) is 8.57. The summed E-state index contributed by atoms with van der Waals surface area (Å²) in [6.45, 7) is 11.0. The monoisotopic (exact) mass is 862 g/mol. The van der Waals surface area contributed by atoms with Gasteiger partial charge in [0.05, 0.1) is 35.0 Å². The Kier molecular flexibility index (Phi) is 11.9. The number of aliphatic hydroxyl groups excluding tert-OH is 2. The number of rotatable bonds is 8. The van der Waals surface area contributed by atoms with Crippen molar-refractivity contribution in [2.75, 3.05) is 0 Å². The van der Waals surface area contributed by atoms with Crippen LogP contribution >= 0.6 is 18.8 Å². The van der Waals surface area contributed by atoms with Crippen LogP contribution in [0.1, 0.15) is 98.1 Å². The van der Waals surface area contributed by atoms with E-state index < -0.39 is 40.6 Å². The normalized spacial score (nSPS) is 14.3. The molecule has 2 aliphatic heterocycles. The second-order valence-electron chi connectivity index (χ2n) is 11.6. The number of carboxylic acid groups (broad SMARTS) is 2. The van der Waals surface area contributed by atoms with E-state index in [-0.39, 0.29) is 25.7 Å². The molecule has 13 heteroatoms. The van der Waals surface area contributed by atoms with Gasteiger partial charge < -0.3 is 30.4 Å². The number of H-pyrrole nitrogens is 1. The number of aliphatic carboxylic acids is 2. The number of allylic oxidation sites excluding steroid dienone is 3. The van der Waals surface area contributed by atoms with E-state index in [9.17, 15) is 30.0 Å². The van der Waals surface area contributed by atoms with Gasteiger partial charge in [-0.3, -0.25) is 9.59 Å². The molecule has 47 heavy (non-hydrogen) atoms. The maximum absolute atomic E-state index is 11.5. The van der Waals surface area contributed by atoms with Gasteiger partial charge >= 0.3 is 47.3 Å². The van der Waals surface area contributed by atoms with Crippen LogP contribution in [0, 0.1) is 13.8 Å². The summed E-state index contributed by atoms with van der Waals surface area (Å²) in [7, 11) is 9.75. The summed E-state index contributed by atoms with van der Waals surface area (Å²) in [6.07, 6.45) is -1.25. The van der Waals surface area contributed by atoms with Crippen LogP contribution in [0.5, 0.6) is 0 Å². The fraction of sp³-hybridized carbons (Fsp3) is 0.353. The van der Waals surface area contributed by atoms with Crippen molar-refractivity contribution < 1.29 is 46.5 Å². The van der Waals surface area contributed by atoms with Gasteiger partial charge in [-0.15, -0.1) is 11.0 Å². The Bertz CT molecular complexity index is 1960. The first-order valence-electron chi connectivity index (χ1n) is 14.9. The zero-order valence-electron chi connectivity index (χ0n) is 26.8. The van der Waals surface area contributed by atoms with Gasteiger partial charge in [0.1, 0.15) is 0 Å². The molecular weight excluding hydrogens is 826 g/mol. The molecule has 0 radical (unpaired) electrons. The van der Waals surface area contributed by atoms with E-state index in [2.05, 4.69) is 4.98 Å². The van der Waals surface area contributed by atoms with Crippen molar-refractivity contribution >= 4 is 75.1 Å². The van der Waals surface area contributed by atoms with Crippen molar-refractivity contribution in [3.8, 4) is 0 Å². The van der Waals surface area contributed by atoms with Gasteiger partial charge in [-0.25, -0.2) is 9.97 Å². The van der Waals surface area contributed by atoms with Gasteiger partial charge in [-0.05, 0) is 88.8 Å². The van der Waals surface area contributed by atoms with Gasteiger partial charge in [0.15, 0.2) is 0 Å². The number of hydrogen-bond acceptors (Lipinski definition) is 6. The van der Waals surface area contributed by atoms with Crippen LogP contribution in [0.4, 0.5) is 0 Å². The van der Waals surface area contributed by atoms with E-state index >= 15 is 0 Å². The average Bonchev–Trinajstić information content (AvgIpc) is 3.64. The number of halogens is 2. The molecule has 0 aromatic carbocycles. The Balaban J connectivity index is 0.00000160. The van der Waals surface area contributed by atoms with Gasteiger partial charge in [-0.2, -0.15) is 0 Å². The van der Waals surface area contributed by atoms with Crippen molar-refractivity contribution in [3.63, 3.8) is 0 Å². The molecule has 254 valence electrons. The minimum absolute atomic E-state index is 0.0791. The summed E-state index contributed by atoms with van der Waals surface area (Å²) in [5.41, 5.74) is 11.2. The van der Waals surface area contributed by atoms with Crippen LogP contribution in [0.15, 0.2) is 24.3 Å². The fourth-order valence-electron chi connectivity index (χ4n) is 6.23. The molecule has 0 saturated heterocycles. The van der Waals surface area contributed by atoms with E-state index in [0.29, 0.717) is 44.9 Å². The van der Waals surface area contributed by atoms with E-state index in [1.165, 1.54) is 0 Å². The molecule has 0 fully saturated rings. The summed E-state index contributed by atoms with van der Waals surface area (Å²) in [4.78, 5) is 41.2. The molecule has 2 aliphatic rings. The standard InChI is InChI=1S/C34H38N4O6.2ClH.Pt/c1-15-21(7-9-31(41)42)27-14-28-22(8-10-32(43)44)16(2)24(36-28)12-29-34(20(6)40)18(4)26(38-29)13-30-33(19(5)39)17(3)25(37-30)11-23(15)35-27;;;/h11-14,19-20,39-40H,7-10H2,1-6H3,(H4,35,36,37,38,41,42,43,44);2*1H;/q;;;+2/p-3. The molecule has 0 spiro atoms. The van der Waals surface area contributed by atoms with E-state index in [1.54, 1.807) is 13.8 Å². The molecule has 8 bridgehead atoms. The van der Waals surface area contributed by atoms with Crippen LogP contribution < -0.4 is 4.98 Å². The van der Waals surface area contributed by atoms with Crippen LogP contribution in [-0.2, 0) is 32.5 Å². The maximum atomic E-state index is 11.5. The first-order valence-corrected chi connectivity index (χ1v) is 20.5. The summed E-state index contributed by atoms with van der Waals surface area (Å²) in [5.74, 6) is -1.85. The average molecular weight is 864 g/mol. The van der Waals surface area contributed by atoms with Crippen molar-refractivity contribution in [1.82, 2.24) is 19.9 Å². The summed E-state index contributed by atoms with van der Waals surface area (Å²) < 4.78 is 0. The zero-order chi connectivity index (χ0) is 34.7. The number of carbonyl (C=O) groups is 2. The number of aliphatic hydroxyl groups is 2. The Labute approximate surface area is 289 Å². The molecule has 0 aliphatic carbocycles. The van der Waals surface area contributed by atoms with Gasteiger partial charge in [0.25, 0.3) is 0 Å². The number of aromatic amines is 1. The number of fused-ring (bicyclic) bond motifs is 8. The molecule has 3 aromatic heterocycles. The second kappa shape index (κ2) is 15.3. The fourth-order valence-corrected chi connectivity index (χ4v) is 6.23. The Morgan fingerprint density at radius 3 is 1.94 bits per heavy atom. The topological polar surface area (TPSA) is 171 Å². The number of aryl methyl sites for hydroxylation is 3. The Morgan fingerprint density at radius 1 is 0.787 bits per heavy atom. The first-order chi connectivity index (χ1) is 22.2.